The third-order valence-electron chi connectivity index (χ3n) is 4.74. The first-order valence-electron chi connectivity index (χ1n) is 8.59. The van der Waals surface area contributed by atoms with Crippen LogP contribution in [0.25, 0.3) is 0 Å². The molecule has 0 bridgehead atoms. The average Bonchev–Trinajstić information content (AvgIpc) is 3.26. The van der Waals surface area contributed by atoms with Crippen molar-refractivity contribution in [1.29, 1.82) is 0 Å². The lowest BCUT2D eigenvalue weighted by molar-refractivity contribution is -0.142. The van der Waals surface area contributed by atoms with Crippen LogP contribution in [0, 0.1) is 6.92 Å². The molecule has 1 saturated carbocycles. The fourth-order valence-corrected chi connectivity index (χ4v) is 3.57. The van der Waals surface area contributed by atoms with Crippen molar-refractivity contribution in [2.24, 2.45) is 7.05 Å². The maximum absolute atomic E-state index is 13.2. The lowest BCUT2D eigenvalue weighted by Crippen LogP contribution is -2.34. The molecule has 0 unspecified atom stereocenters. The van der Waals surface area contributed by atoms with Gasteiger partial charge in [-0.25, -0.2) is 0 Å². The molecule has 2 aromatic rings. The molecule has 2 aromatic heterocycles. The van der Waals surface area contributed by atoms with Crippen molar-refractivity contribution in [3.63, 3.8) is 0 Å². The van der Waals surface area contributed by atoms with Gasteiger partial charge in [0.2, 0.25) is 5.91 Å². The highest BCUT2D eigenvalue weighted by molar-refractivity contribution is 6.32. The van der Waals surface area contributed by atoms with E-state index in [9.17, 15) is 18.0 Å². The summed E-state index contributed by atoms with van der Waals surface area (Å²) >= 11 is 5.99. The summed E-state index contributed by atoms with van der Waals surface area (Å²) in [4.78, 5) is 14.3. The van der Waals surface area contributed by atoms with Crippen molar-refractivity contribution in [3.8, 4) is 0 Å². The van der Waals surface area contributed by atoms with E-state index in [1.54, 1.807) is 25.7 Å². The molecule has 1 fully saturated rings. The zero-order valence-corrected chi connectivity index (χ0v) is 16.3. The predicted octanol–water partition coefficient (Wildman–Crippen LogP) is 3.69. The van der Waals surface area contributed by atoms with Gasteiger partial charge in [0, 0.05) is 38.3 Å². The van der Waals surface area contributed by atoms with E-state index in [1.165, 1.54) is 4.90 Å². The predicted molar refractivity (Wildman–Crippen MR) is 93.3 cm³/mol. The number of amides is 1. The summed E-state index contributed by atoms with van der Waals surface area (Å²) in [5.74, 6) is -0.421. The molecule has 1 aliphatic rings. The van der Waals surface area contributed by atoms with Crippen LogP contribution < -0.4 is 0 Å². The molecule has 0 radical (unpaired) electrons. The Morgan fingerprint density at radius 1 is 1.41 bits per heavy atom. The molecular formula is C17H21ClF3N5O. The molecule has 148 valence electrons. The Morgan fingerprint density at radius 3 is 2.52 bits per heavy atom. The SMILES string of the molecule is Cc1nn(C)cc1CN(C)C(=O)[C@@H](C)n1nc(C(F)(F)F)c(Cl)c1C1CC1. The van der Waals surface area contributed by atoms with Crippen molar-refractivity contribution in [2.45, 2.75) is 51.4 Å². The topological polar surface area (TPSA) is 56.0 Å². The first-order chi connectivity index (χ1) is 12.5. The normalized spacial score (nSPS) is 15.9. The highest BCUT2D eigenvalue weighted by Crippen LogP contribution is 2.47. The number of carbonyl (C=O) groups is 1. The Bertz CT molecular complexity index is 869. The third-order valence-corrected chi connectivity index (χ3v) is 5.12. The summed E-state index contributed by atoms with van der Waals surface area (Å²) in [6.45, 7) is 3.69. The van der Waals surface area contributed by atoms with Gasteiger partial charge in [-0.2, -0.15) is 23.4 Å². The first-order valence-corrected chi connectivity index (χ1v) is 8.97. The van der Waals surface area contributed by atoms with Crippen LogP contribution in [0.2, 0.25) is 5.02 Å². The van der Waals surface area contributed by atoms with Crippen LogP contribution >= 0.6 is 11.6 Å². The maximum atomic E-state index is 13.2. The zero-order chi connectivity index (χ0) is 20.1. The average molecular weight is 404 g/mol. The minimum atomic E-state index is -4.66. The monoisotopic (exact) mass is 403 g/mol. The number of likely N-dealkylation sites (N-methyl/N-ethyl adjacent to an activating group) is 1. The Morgan fingerprint density at radius 2 is 2.04 bits per heavy atom. The van der Waals surface area contributed by atoms with Crippen LogP contribution in [-0.2, 0) is 24.6 Å². The number of carbonyl (C=O) groups excluding carboxylic acids is 1. The third kappa shape index (κ3) is 3.83. The van der Waals surface area contributed by atoms with Crippen molar-refractivity contribution < 1.29 is 18.0 Å². The van der Waals surface area contributed by atoms with Gasteiger partial charge in [-0.3, -0.25) is 14.2 Å². The standard InChI is InChI=1S/C17H21ClF3N5O/c1-9-12(8-25(4)22-9)7-24(3)16(27)10(2)26-14(11-5-6-11)13(18)15(23-26)17(19,20)21/h8,10-11H,5-7H2,1-4H3/t10-/m1/s1. The summed E-state index contributed by atoms with van der Waals surface area (Å²) in [5, 5.41) is 7.51. The quantitative estimate of drug-likeness (QED) is 0.765. The number of rotatable bonds is 5. The van der Waals surface area contributed by atoms with Gasteiger partial charge in [0.05, 0.1) is 16.4 Å². The van der Waals surface area contributed by atoms with Gasteiger partial charge in [-0.15, -0.1) is 0 Å². The van der Waals surface area contributed by atoms with E-state index in [4.69, 9.17) is 11.6 Å². The number of hydrogen-bond acceptors (Lipinski definition) is 3. The Labute approximate surface area is 159 Å². The van der Waals surface area contributed by atoms with Crippen molar-refractivity contribution in [3.05, 3.63) is 33.9 Å². The molecule has 6 nitrogen and oxygen atoms in total. The molecule has 1 aliphatic carbocycles. The van der Waals surface area contributed by atoms with E-state index in [1.807, 2.05) is 13.1 Å². The fourth-order valence-electron chi connectivity index (χ4n) is 3.19. The number of halogens is 4. The summed E-state index contributed by atoms with van der Waals surface area (Å²) in [5.41, 5.74) is 0.842. The second kappa shape index (κ2) is 6.85. The van der Waals surface area contributed by atoms with Crippen LogP contribution in [0.4, 0.5) is 13.2 Å². The smallest absolute Gasteiger partial charge is 0.339 e. The summed E-state index contributed by atoms with van der Waals surface area (Å²) in [7, 11) is 3.39. The van der Waals surface area contributed by atoms with E-state index >= 15 is 0 Å². The van der Waals surface area contributed by atoms with Crippen LogP contribution in [0.1, 0.15) is 54.4 Å². The molecular weight excluding hydrogens is 383 g/mol. The van der Waals surface area contributed by atoms with Gasteiger partial charge >= 0.3 is 6.18 Å². The molecule has 0 N–H and O–H groups in total. The van der Waals surface area contributed by atoms with Gasteiger partial charge in [0.15, 0.2) is 5.69 Å². The molecule has 10 heteroatoms. The minimum absolute atomic E-state index is 0.0813. The van der Waals surface area contributed by atoms with E-state index in [0.29, 0.717) is 12.2 Å². The van der Waals surface area contributed by atoms with Crippen molar-refractivity contribution in [2.75, 3.05) is 7.05 Å². The maximum Gasteiger partial charge on any atom is 0.436 e. The summed E-state index contributed by atoms with van der Waals surface area (Å²) in [6.07, 6.45) is -1.36. The number of hydrogen-bond donors (Lipinski definition) is 0. The molecule has 2 heterocycles. The van der Waals surface area contributed by atoms with E-state index in [-0.39, 0.29) is 11.8 Å². The van der Waals surface area contributed by atoms with Gasteiger partial charge in [-0.05, 0) is 26.7 Å². The van der Waals surface area contributed by atoms with Crippen LogP contribution in [0.5, 0.6) is 0 Å². The lowest BCUT2D eigenvalue weighted by Gasteiger charge is -2.23. The summed E-state index contributed by atoms with van der Waals surface area (Å²) in [6, 6.07) is -0.892. The van der Waals surface area contributed by atoms with Gasteiger partial charge in [0.1, 0.15) is 6.04 Å². The molecule has 0 spiro atoms. The molecule has 0 aromatic carbocycles. The van der Waals surface area contributed by atoms with Gasteiger partial charge < -0.3 is 4.90 Å². The molecule has 27 heavy (non-hydrogen) atoms. The van der Waals surface area contributed by atoms with E-state index < -0.39 is 22.9 Å². The number of aromatic nitrogens is 4. The zero-order valence-electron chi connectivity index (χ0n) is 15.5. The lowest BCUT2D eigenvalue weighted by atomic mass is 10.2. The van der Waals surface area contributed by atoms with Crippen LogP contribution in [-0.4, -0.2) is 37.4 Å². The van der Waals surface area contributed by atoms with Gasteiger partial charge in [-0.1, -0.05) is 11.6 Å². The largest absolute Gasteiger partial charge is 0.436 e. The number of nitrogens with zero attached hydrogens (tertiary/aromatic N) is 5. The first kappa shape index (κ1) is 19.7. The molecule has 3 rings (SSSR count). The Kier molecular flexibility index (Phi) is 5.00. The molecule has 0 saturated heterocycles. The van der Waals surface area contributed by atoms with Crippen LogP contribution in [0.3, 0.4) is 0 Å². The second-order valence-corrected chi connectivity index (χ2v) is 7.43. The van der Waals surface area contributed by atoms with Gasteiger partial charge in [0.25, 0.3) is 0 Å². The molecule has 1 amide bonds. The molecule has 1 atom stereocenters. The fraction of sp³-hybridized carbons (Fsp3) is 0.588. The van der Waals surface area contributed by atoms with Crippen molar-refractivity contribution >= 4 is 17.5 Å². The van der Waals surface area contributed by atoms with E-state index in [2.05, 4.69) is 10.2 Å². The van der Waals surface area contributed by atoms with Crippen molar-refractivity contribution in [1.82, 2.24) is 24.5 Å². The molecule has 0 aliphatic heterocycles. The number of aryl methyl sites for hydroxylation is 2. The summed E-state index contributed by atoms with van der Waals surface area (Å²) < 4.78 is 42.5. The highest BCUT2D eigenvalue weighted by atomic mass is 35.5. The number of alkyl halides is 3. The Balaban J connectivity index is 1.87. The minimum Gasteiger partial charge on any atom is -0.339 e. The second-order valence-electron chi connectivity index (χ2n) is 7.05. The highest BCUT2D eigenvalue weighted by Gasteiger charge is 2.43. The van der Waals surface area contributed by atoms with Crippen LogP contribution in [0.15, 0.2) is 6.20 Å². The Hall–Kier alpha value is -2.03. The van der Waals surface area contributed by atoms with E-state index in [0.717, 1.165) is 28.8 Å².